The minimum absolute atomic E-state index is 0.195. The van der Waals surface area contributed by atoms with E-state index < -0.39 is 10.0 Å². The number of anilines is 1. The second-order valence-corrected chi connectivity index (χ2v) is 7.57. The summed E-state index contributed by atoms with van der Waals surface area (Å²) in [6, 6.07) is 12.6. The van der Waals surface area contributed by atoms with Crippen LogP contribution in [0, 0.1) is 0 Å². The molecule has 5 nitrogen and oxygen atoms in total. The fraction of sp³-hybridized carbons (Fsp3) is 0.231. The van der Waals surface area contributed by atoms with Gasteiger partial charge in [-0.25, -0.2) is 13.8 Å². The maximum atomic E-state index is 12.3. The van der Waals surface area contributed by atoms with Gasteiger partial charge in [-0.15, -0.1) is 11.3 Å². The molecule has 2 heterocycles. The monoisotopic (exact) mass is 309 g/mol. The Bertz CT molecular complexity index is 677. The molecule has 106 valence electrons. The van der Waals surface area contributed by atoms with Crippen molar-refractivity contribution in [1.29, 1.82) is 0 Å². The number of thiophene rings is 1. The van der Waals surface area contributed by atoms with Gasteiger partial charge in [0.05, 0.1) is 6.04 Å². The highest BCUT2D eigenvalue weighted by Gasteiger charge is 2.22. The smallest absolute Gasteiger partial charge is 0.271 e. The fourth-order valence-corrected chi connectivity index (χ4v) is 4.55. The van der Waals surface area contributed by atoms with Crippen LogP contribution < -0.4 is 15.6 Å². The van der Waals surface area contributed by atoms with Crippen molar-refractivity contribution < 1.29 is 8.42 Å². The average Bonchev–Trinajstić information content (AvgIpc) is 3.11. The molecule has 1 atom stereocenters. The summed E-state index contributed by atoms with van der Waals surface area (Å²) in [4.78, 5) is 1.03. The molecular formula is C13H15N3O2S2. The Morgan fingerprint density at radius 3 is 2.65 bits per heavy atom. The summed E-state index contributed by atoms with van der Waals surface area (Å²) in [6.45, 7) is 0.896. The molecule has 0 amide bonds. The quantitative estimate of drug-likeness (QED) is 0.809. The van der Waals surface area contributed by atoms with Crippen LogP contribution in [0.15, 0.2) is 46.7 Å². The van der Waals surface area contributed by atoms with E-state index in [0.29, 0.717) is 9.90 Å². The van der Waals surface area contributed by atoms with Gasteiger partial charge in [0.15, 0.2) is 0 Å². The lowest BCUT2D eigenvalue weighted by molar-refractivity contribution is 0.588. The van der Waals surface area contributed by atoms with E-state index in [4.69, 9.17) is 0 Å². The Morgan fingerprint density at radius 2 is 1.95 bits per heavy atom. The van der Waals surface area contributed by atoms with E-state index >= 15 is 0 Å². The van der Waals surface area contributed by atoms with Crippen molar-refractivity contribution in [3.8, 4) is 0 Å². The molecule has 3 N–H and O–H groups in total. The molecule has 1 aromatic carbocycles. The molecule has 0 saturated carbocycles. The molecular weight excluding hydrogens is 294 g/mol. The maximum absolute atomic E-state index is 12.3. The van der Waals surface area contributed by atoms with Gasteiger partial charge in [-0.3, -0.25) is 10.1 Å². The van der Waals surface area contributed by atoms with Crippen LogP contribution in [-0.2, 0) is 10.0 Å². The molecule has 1 aliphatic heterocycles. The number of hydrazine groups is 1. The van der Waals surface area contributed by atoms with Crippen LogP contribution in [0.3, 0.4) is 0 Å². The number of nitrogens with one attached hydrogen (secondary N) is 3. The van der Waals surface area contributed by atoms with E-state index in [2.05, 4.69) is 15.6 Å². The lowest BCUT2D eigenvalue weighted by Gasteiger charge is -2.07. The minimum atomic E-state index is -3.50. The molecule has 0 radical (unpaired) electrons. The predicted molar refractivity (Wildman–Crippen MR) is 80.1 cm³/mol. The van der Waals surface area contributed by atoms with Crippen molar-refractivity contribution in [3.05, 3.63) is 47.3 Å². The van der Waals surface area contributed by atoms with Crippen LogP contribution in [-0.4, -0.2) is 15.0 Å². The number of sulfonamides is 1. The number of rotatable bonds is 4. The summed E-state index contributed by atoms with van der Waals surface area (Å²) in [5.41, 5.74) is 6.76. The summed E-state index contributed by atoms with van der Waals surface area (Å²) >= 11 is 1.30. The SMILES string of the molecule is O=S(=O)(Nc1ccccc1)c1ccc(C2CCNN2)s1. The number of benzene rings is 1. The third-order valence-corrected chi connectivity index (χ3v) is 6.14. The third-order valence-electron chi connectivity index (χ3n) is 3.07. The molecule has 1 fully saturated rings. The van der Waals surface area contributed by atoms with Crippen molar-refractivity contribution >= 4 is 27.0 Å². The van der Waals surface area contributed by atoms with Crippen molar-refractivity contribution in [2.24, 2.45) is 0 Å². The highest BCUT2D eigenvalue weighted by atomic mass is 32.2. The van der Waals surface area contributed by atoms with Gasteiger partial charge in [0.2, 0.25) is 0 Å². The summed E-state index contributed by atoms with van der Waals surface area (Å²) in [7, 11) is -3.50. The largest absolute Gasteiger partial charge is 0.279 e. The highest BCUT2D eigenvalue weighted by molar-refractivity contribution is 7.94. The molecule has 20 heavy (non-hydrogen) atoms. The first kappa shape index (κ1) is 13.6. The zero-order chi connectivity index (χ0) is 14.0. The van der Waals surface area contributed by atoms with Gasteiger partial charge in [-0.2, -0.15) is 0 Å². The lowest BCUT2D eigenvalue weighted by Crippen LogP contribution is -2.24. The van der Waals surface area contributed by atoms with Gasteiger partial charge in [-0.1, -0.05) is 18.2 Å². The Kier molecular flexibility index (Phi) is 3.75. The summed E-state index contributed by atoms with van der Waals surface area (Å²) in [5, 5.41) is 0. The second-order valence-electron chi connectivity index (χ2n) is 4.54. The van der Waals surface area contributed by atoms with E-state index in [-0.39, 0.29) is 6.04 Å². The van der Waals surface area contributed by atoms with Crippen LogP contribution in [0.1, 0.15) is 17.3 Å². The molecule has 1 unspecified atom stereocenters. The minimum Gasteiger partial charge on any atom is -0.279 e. The van der Waals surface area contributed by atoms with Gasteiger partial charge in [0.25, 0.3) is 10.0 Å². The van der Waals surface area contributed by atoms with Crippen molar-refractivity contribution in [1.82, 2.24) is 10.9 Å². The van der Waals surface area contributed by atoms with Gasteiger partial charge in [-0.05, 0) is 30.7 Å². The number of para-hydroxylation sites is 1. The number of hydrogen-bond acceptors (Lipinski definition) is 5. The third kappa shape index (κ3) is 2.85. The summed E-state index contributed by atoms with van der Waals surface area (Å²) in [6.07, 6.45) is 0.964. The predicted octanol–water partition coefficient (Wildman–Crippen LogP) is 2.09. The Morgan fingerprint density at radius 1 is 1.15 bits per heavy atom. The van der Waals surface area contributed by atoms with Crippen LogP contribution in [0.25, 0.3) is 0 Å². The zero-order valence-electron chi connectivity index (χ0n) is 10.7. The Balaban J connectivity index is 1.81. The van der Waals surface area contributed by atoms with Gasteiger partial charge >= 0.3 is 0 Å². The molecule has 1 aliphatic rings. The van der Waals surface area contributed by atoms with E-state index in [1.807, 2.05) is 12.1 Å². The van der Waals surface area contributed by atoms with Crippen LogP contribution in [0.4, 0.5) is 5.69 Å². The average molecular weight is 309 g/mol. The molecule has 7 heteroatoms. The molecule has 1 aromatic heterocycles. The standard InChI is InChI=1S/C13H15N3O2S2/c17-20(18,16-10-4-2-1-3-5-10)13-7-6-12(19-13)11-8-9-14-15-11/h1-7,11,14-16H,8-9H2. The van der Waals surface area contributed by atoms with Crippen LogP contribution in [0.5, 0.6) is 0 Å². The van der Waals surface area contributed by atoms with Crippen LogP contribution >= 0.6 is 11.3 Å². The lowest BCUT2D eigenvalue weighted by atomic mass is 10.2. The molecule has 2 aromatic rings. The number of hydrogen-bond donors (Lipinski definition) is 3. The second kappa shape index (κ2) is 5.53. The first-order valence-corrected chi connectivity index (χ1v) is 8.61. The van der Waals surface area contributed by atoms with E-state index in [9.17, 15) is 8.42 Å². The molecule has 0 spiro atoms. The Hall–Kier alpha value is -1.41. The highest BCUT2D eigenvalue weighted by Crippen LogP contribution is 2.30. The molecule has 1 saturated heterocycles. The topological polar surface area (TPSA) is 70.2 Å². The Labute approximate surface area is 122 Å². The maximum Gasteiger partial charge on any atom is 0.271 e. The molecule has 0 bridgehead atoms. The van der Waals surface area contributed by atoms with Gasteiger partial charge in [0.1, 0.15) is 4.21 Å². The van der Waals surface area contributed by atoms with Crippen molar-refractivity contribution in [2.45, 2.75) is 16.7 Å². The van der Waals surface area contributed by atoms with E-state index in [1.54, 1.807) is 30.3 Å². The van der Waals surface area contributed by atoms with Gasteiger partial charge < -0.3 is 0 Å². The van der Waals surface area contributed by atoms with Crippen molar-refractivity contribution in [3.63, 3.8) is 0 Å². The molecule has 3 rings (SSSR count). The first-order chi connectivity index (χ1) is 9.65. The molecule has 0 aliphatic carbocycles. The first-order valence-electron chi connectivity index (χ1n) is 6.31. The summed E-state index contributed by atoms with van der Waals surface area (Å²) in [5.74, 6) is 0. The van der Waals surface area contributed by atoms with E-state index in [0.717, 1.165) is 17.8 Å². The zero-order valence-corrected chi connectivity index (χ0v) is 12.3. The van der Waals surface area contributed by atoms with Crippen LogP contribution in [0.2, 0.25) is 0 Å². The van der Waals surface area contributed by atoms with E-state index in [1.165, 1.54) is 11.3 Å². The summed E-state index contributed by atoms with van der Waals surface area (Å²) < 4.78 is 27.5. The fourth-order valence-electron chi connectivity index (χ4n) is 2.08. The van der Waals surface area contributed by atoms with Gasteiger partial charge in [0, 0.05) is 17.1 Å². The normalized spacial score (nSPS) is 19.1. The van der Waals surface area contributed by atoms with Crippen molar-refractivity contribution in [2.75, 3.05) is 11.3 Å².